The Morgan fingerprint density at radius 1 is 1.12 bits per heavy atom. The maximum atomic E-state index is 14.4. The van der Waals surface area contributed by atoms with E-state index in [1.807, 2.05) is 0 Å². The molecule has 0 bridgehead atoms. The van der Waals surface area contributed by atoms with Crippen molar-refractivity contribution in [1.82, 2.24) is 0 Å². The molecule has 0 aromatic heterocycles. The average Bonchev–Trinajstić information content (AvgIpc) is 2.54. The van der Waals surface area contributed by atoms with Gasteiger partial charge in [-0.1, -0.05) is 6.92 Å². The SMILES string of the molecule is CC(C(CCC(=O)O)C(=O)O)P(=O)(O)C(F)c1cc(F)c(F)c(F)c1F. The zero-order chi connectivity index (χ0) is 20.4. The van der Waals surface area contributed by atoms with Gasteiger partial charge in [0.1, 0.15) is 0 Å². The number of carboxylic acid groups (broad SMARTS) is 2. The lowest BCUT2D eigenvalue weighted by Gasteiger charge is -2.27. The molecule has 1 rings (SSSR count). The highest BCUT2D eigenvalue weighted by Gasteiger charge is 2.46. The monoisotopic (exact) mass is 404 g/mol. The van der Waals surface area contributed by atoms with E-state index in [4.69, 9.17) is 10.2 Å². The normalized spacial score (nSPS) is 17.2. The van der Waals surface area contributed by atoms with Crippen molar-refractivity contribution in [2.24, 2.45) is 5.92 Å². The zero-order valence-corrected chi connectivity index (χ0v) is 14.0. The lowest BCUT2D eigenvalue weighted by Crippen LogP contribution is -2.28. The van der Waals surface area contributed by atoms with Gasteiger partial charge in [-0.2, -0.15) is 0 Å². The van der Waals surface area contributed by atoms with E-state index in [-0.39, 0.29) is 6.07 Å². The first-order chi connectivity index (χ1) is 11.8. The van der Waals surface area contributed by atoms with Crippen LogP contribution in [0.1, 0.15) is 31.2 Å². The summed E-state index contributed by atoms with van der Waals surface area (Å²) in [6.45, 7) is 0.808. The molecule has 0 saturated heterocycles. The lowest BCUT2D eigenvalue weighted by atomic mass is 10.0. The van der Waals surface area contributed by atoms with Gasteiger partial charge in [-0.3, -0.25) is 14.2 Å². The molecule has 3 N–H and O–H groups in total. The van der Waals surface area contributed by atoms with E-state index >= 15 is 0 Å². The van der Waals surface area contributed by atoms with Crippen molar-refractivity contribution >= 4 is 19.3 Å². The van der Waals surface area contributed by atoms with Crippen LogP contribution >= 0.6 is 7.37 Å². The van der Waals surface area contributed by atoms with Gasteiger partial charge in [-0.15, -0.1) is 0 Å². The number of aliphatic carboxylic acids is 2. The summed E-state index contributed by atoms with van der Waals surface area (Å²) in [4.78, 5) is 31.7. The van der Waals surface area contributed by atoms with Gasteiger partial charge >= 0.3 is 11.9 Å². The number of hydrogen-bond donors (Lipinski definition) is 3. The molecule has 0 saturated carbocycles. The molecule has 0 spiro atoms. The van der Waals surface area contributed by atoms with Crippen LogP contribution in [-0.2, 0) is 14.2 Å². The van der Waals surface area contributed by atoms with E-state index in [2.05, 4.69) is 0 Å². The van der Waals surface area contributed by atoms with Crippen molar-refractivity contribution in [1.29, 1.82) is 0 Å². The predicted molar refractivity (Wildman–Crippen MR) is 77.4 cm³/mol. The summed E-state index contributed by atoms with van der Waals surface area (Å²) in [5, 5.41) is 17.6. The van der Waals surface area contributed by atoms with Crippen molar-refractivity contribution in [2.45, 2.75) is 31.3 Å². The van der Waals surface area contributed by atoms with Gasteiger partial charge in [0.05, 0.1) is 5.92 Å². The van der Waals surface area contributed by atoms with Gasteiger partial charge in [0.2, 0.25) is 13.3 Å². The first-order valence-electron chi connectivity index (χ1n) is 7.06. The number of rotatable bonds is 8. The van der Waals surface area contributed by atoms with Crippen LogP contribution in [0.3, 0.4) is 0 Å². The van der Waals surface area contributed by atoms with Crippen LogP contribution in [0.4, 0.5) is 22.0 Å². The second kappa shape index (κ2) is 8.13. The van der Waals surface area contributed by atoms with E-state index in [0.717, 1.165) is 6.92 Å². The van der Waals surface area contributed by atoms with Crippen LogP contribution in [-0.4, -0.2) is 32.7 Å². The van der Waals surface area contributed by atoms with E-state index in [9.17, 15) is 41.0 Å². The fraction of sp³-hybridized carbons (Fsp3) is 0.429. The topological polar surface area (TPSA) is 112 Å². The van der Waals surface area contributed by atoms with Gasteiger partial charge in [-0.05, 0) is 12.5 Å². The third-order valence-corrected chi connectivity index (χ3v) is 6.32. The average molecular weight is 404 g/mol. The molecule has 6 nitrogen and oxygen atoms in total. The molecule has 12 heteroatoms. The Balaban J connectivity index is 3.28. The first-order valence-corrected chi connectivity index (χ1v) is 8.85. The van der Waals surface area contributed by atoms with E-state index in [1.54, 1.807) is 0 Å². The highest BCUT2D eigenvalue weighted by atomic mass is 31.2. The number of benzene rings is 1. The zero-order valence-electron chi connectivity index (χ0n) is 13.1. The Bertz CT molecular complexity index is 771. The molecule has 0 heterocycles. The van der Waals surface area contributed by atoms with Crippen LogP contribution < -0.4 is 0 Å². The molecule has 4 atom stereocenters. The van der Waals surface area contributed by atoms with E-state index in [1.165, 1.54) is 0 Å². The summed E-state index contributed by atoms with van der Waals surface area (Å²) in [6, 6.07) is -0.138. The van der Waals surface area contributed by atoms with Crippen molar-refractivity contribution in [3.8, 4) is 0 Å². The number of alkyl halides is 1. The molecule has 0 radical (unpaired) electrons. The summed E-state index contributed by atoms with van der Waals surface area (Å²) in [5.74, 6) is -17.1. The Morgan fingerprint density at radius 3 is 2.12 bits per heavy atom. The van der Waals surface area contributed by atoms with Crippen LogP contribution in [0.5, 0.6) is 0 Å². The smallest absolute Gasteiger partial charge is 0.307 e. The molecule has 26 heavy (non-hydrogen) atoms. The van der Waals surface area contributed by atoms with Gasteiger partial charge in [-0.25, -0.2) is 22.0 Å². The number of carbonyl (C=O) groups is 2. The fourth-order valence-electron chi connectivity index (χ4n) is 2.28. The molecule has 0 aliphatic carbocycles. The van der Waals surface area contributed by atoms with Gasteiger partial charge in [0.25, 0.3) is 0 Å². The fourth-order valence-corrected chi connectivity index (χ4v) is 4.07. The Kier molecular flexibility index (Phi) is 6.89. The summed E-state index contributed by atoms with van der Waals surface area (Å²) < 4.78 is 79.7. The molecule has 0 aliphatic heterocycles. The summed E-state index contributed by atoms with van der Waals surface area (Å²) in [7, 11) is -5.28. The second-order valence-corrected chi connectivity index (χ2v) is 8.13. The van der Waals surface area contributed by atoms with Crippen LogP contribution in [0.15, 0.2) is 6.07 Å². The molecular weight excluding hydrogens is 390 g/mol. The van der Waals surface area contributed by atoms with Crippen LogP contribution in [0, 0.1) is 29.2 Å². The van der Waals surface area contributed by atoms with Crippen molar-refractivity contribution in [3.05, 3.63) is 34.9 Å². The highest BCUT2D eigenvalue weighted by molar-refractivity contribution is 7.59. The summed E-state index contributed by atoms with van der Waals surface area (Å²) >= 11 is 0. The minimum absolute atomic E-state index is 0.138. The van der Waals surface area contributed by atoms with Crippen molar-refractivity contribution in [3.63, 3.8) is 0 Å². The lowest BCUT2D eigenvalue weighted by molar-refractivity contribution is -0.143. The molecule has 1 aromatic carbocycles. The molecule has 4 unspecified atom stereocenters. The molecule has 1 aromatic rings. The van der Waals surface area contributed by atoms with Crippen molar-refractivity contribution in [2.75, 3.05) is 0 Å². The predicted octanol–water partition coefficient (Wildman–Crippen LogP) is 3.44. The van der Waals surface area contributed by atoms with E-state index < -0.39 is 78.5 Å². The molecule has 0 fully saturated rings. The minimum Gasteiger partial charge on any atom is -0.481 e. The van der Waals surface area contributed by atoms with Gasteiger partial charge < -0.3 is 15.1 Å². The maximum absolute atomic E-state index is 14.4. The Hall–Kier alpha value is -2.00. The minimum atomic E-state index is -5.28. The number of halogens is 5. The van der Waals surface area contributed by atoms with Gasteiger partial charge in [0.15, 0.2) is 23.3 Å². The van der Waals surface area contributed by atoms with Crippen molar-refractivity contribution < 1.29 is 51.2 Å². The maximum Gasteiger partial charge on any atom is 0.307 e. The summed E-state index contributed by atoms with van der Waals surface area (Å²) in [6.07, 6.45) is -1.36. The highest BCUT2D eigenvalue weighted by Crippen LogP contribution is 2.62. The second-order valence-electron chi connectivity index (χ2n) is 5.52. The first kappa shape index (κ1) is 22.0. The summed E-state index contributed by atoms with van der Waals surface area (Å²) in [5.41, 5.74) is -3.51. The number of hydrogen-bond acceptors (Lipinski definition) is 3. The van der Waals surface area contributed by atoms with E-state index in [0.29, 0.717) is 0 Å². The van der Waals surface area contributed by atoms with Crippen LogP contribution in [0.2, 0.25) is 0 Å². The largest absolute Gasteiger partial charge is 0.481 e. The Morgan fingerprint density at radius 2 is 1.65 bits per heavy atom. The number of carboxylic acids is 2. The molecule has 0 amide bonds. The van der Waals surface area contributed by atoms with Gasteiger partial charge in [0, 0.05) is 17.6 Å². The Labute approximate surface area is 143 Å². The van der Waals surface area contributed by atoms with Crippen LogP contribution in [0.25, 0.3) is 0 Å². The third-order valence-electron chi connectivity index (χ3n) is 3.86. The standard InChI is InChI=1S/C14H14F5O6P/c1-5(6(14(22)23)2-3-9(20)21)26(24,25)13(19)7-4-8(15)11(17)12(18)10(7)16/h4-6,13H,2-3H2,1H3,(H,20,21)(H,22,23)(H,24,25). The molecule has 146 valence electrons. The molecular formula is C14H14F5O6P. The molecule has 0 aliphatic rings. The third kappa shape index (κ3) is 4.39. The quantitative estimate of drug-likeness (QED) is 0.265.